The molecule has 0 bridgehead atoms. The number of alkyl halides is 1. The van der Waals surface area contributed by atoms with E-state index in [0.29, 0.717) is 11.1 Å². The zero-order chi connectivity index (χ0) is 15.8. The van der Waals surface area contributed by atoms with Crippen LogP contribution in [0.4, 0.5) is 8.78 Å². The molecule has 0 aliphatic heterocycles. The smallest absolute Gasteiger partial charge is 0.175 e. The highest BCUT2D eigenvalue weighted by atomic mass is 79.9. The van der Waals surface area contributed by atoms with Crippen LogP contribution in [0.3, 0.4) is 0 Å². The molecule has 0 aromatic heterocycles. The number of hydrogen-bond donors (Lipinski definition) is 0. The van der Waals surface area contributed by atoms with Crippen molar-refractivity contribution in [3.05, 3.63) is 64.7 Å². The Hall–Kier alpha value is -1.27. The van der Waals surface area contributed by atoms with E-state index in [1.165, 1.54) is 18.2 Å². The molecule has 0 spiro atoms. The topological polar surface area (TPSA) is 34.1 Å². The summed E-state index contributed by atoms with van der Waals surface area (Å²) in [6.07, 6.45) is 1.11. The molecule has 21 heavy (non-hydrogen) atoms. The molecule has 0 heterocycles. The highest BCUT2D eigenvalue weighted by molar-refractivity contribution is 9.09. The van der Waals surface area contributed by atoms with Gasteiger partial charge in [-0.25, -0.2) is 17.2 Å². The maximum atomic E-state index is 13.9. The van der Waals surface area contributed by atoms with E-state index in [2.05, 4.69) is 15.9 Å². The molecular weight excluding hydrogens is 362 g/mol. The monoisotopic (exact) mass is 374 g/mol. The molecule has 112 valence electrons. The molecule has 1 atom stereocenters. The Balaban J connectivity index is 2.50. The number of aryl methyl sites for hydroxylation is 1. The average molecular weight is 375 g/mol. The molecule has 6 heteroatoms. The first-order chi connectivity index (χ1) is 9.70. The Kier molecular flexibility index (Phi) is 4.49. The molecule has 0 fully saturated rings. The quantitative estimate of drug-likeness (QED) is 0.755. The average Bonchev–Trinajstić information content (AvgIpc) is 2.41. The molecule has 0 saturated heterocycles. The third-order valence-electron chi connectivity index (χ3n) is 3.13. The van der Waals surface area contributed by atoms with Gasteiger partial charge in [-0.2, -0.15) is 0 Å². The molecule has 0 N–H and O–H groups in total. The lowest BCUT2D eigenvalue weighted by Crippen LogP contribution is -2.02. The maximum absolute atomic E-state index is 13.9. The van der Waals surface area contributed by atoms with Gasteiger partial charge in [-0.15, -0.1) is 0 Å². The first kappa shape index (κ1) is 16.1. The van der Waals surface area contributed by atoms with E-state index in [9.17, 15) is 17.2 Å². The number of halogens is 3. The van der Waals surface area contributed by atoms with Crippen LogP contribution in [-0.2, 0) is 9.84 Å². The fourth-order valence-electron chi connectivity index (χ4n) is 1.96. The van der Waals surface area contributed by atoms with Crippen molar-refractivity contribution in [1.29, 1.82) is 0 Å². The number of sulfone groups is 1. The Morgan fingerprint density at radius 3 is 2.38 bits per heavy atom. The van der Waals surface area contributed by atoms with E-state index in [-0.39, 0.29) is 10.5 Å². The molecule has 0 aliphatic carbocycles. The van der Waals surface area contributed by atoms with Crippen LogP contribution >= 0.6 is 15.9 Å². The minimum atomic E-state index is -3.34. The fraction of sp³-hybridized carbons (Fsp3) is 0.200. The summed E-state index contributed by atoms with van der Waals surface area (Å²) >= 11 is 3.35. The van der Waals surface area contributed by atoms with Crippen LogP contribution in [-0.4, -0.2) is 14.7 Å². The van der Waals surface area contributed by atoms with Crippen LogP contribution in [0.2, 0.25) is 0 Å². The Morgan fingerprint density at radius 2 is 1.76 bits per heavy atom. The van der Waals surface area contributed by atoms with Crippen molar-refractivity contribution in [3.63, 3.8) is 0 Å². The van der Waals surface area contributed by atoms with E-state index in [1.54, 1.807) is 19.1 Å². The van der Waals surface area contributed by atoms with Crippen molar-refractivity contribution >= 4 is 25.8 Å². The Morgan fingerprint density at radius 1 is 1.10 bits per heavy atom. The van der Waals surface area contributed by atoms with Crippen molar-refractivity contribution in [2.45, 2.75) is 16.6 Å². The second-order valence-electron chi connectivity index (χ2n) is 4.83. The van der Waals surface area contributed by atoms with Crippen molar-refractivity contribution in [3.8, 4) is 0 Å². The normalized spacial score (nSPS) is 13.2. The molecule has 1 unspecified atom stereocenters. The third-order valence-corrected chi connectivity index (χ3v) is 5.26. The Bertz CT molecular complexity index is 788. The van der Waals surface area contributed by atoms with Crippen LogP contribution < -0.4 is 0 Å². The van der Waals surface area contributed by atoms with Crippen molar-refractivity contribution in [2.75, 3.05) is 6.26 Å². The first-order valence-electron chi connectivity index (χ1n) is 6.10. The van der Waals surface area contributed by atoms with Crippen molar-refractivity contribution in [1.82, 2.24) is 0 Å². The molecule has 0 radical (unpaired) electrons. The van der Waals surface area contributed by atoms with Gasteiger partial charge in [-0.05, 0) is 36.2 Å². The van der Waals surface area contributed by atoms with Crippen molar-refractivity contribution in [2.24, 2.45) is 0 Å². The molecule has 2 rings (SSSR count). The van der Waals surface area contributed by atoms with Gasteiger partial charge in [0.1, 0.15) is 11.6 Å². The zero-order valence-corrected chi connectivity index (χ0v) is 13.8. The molecule has 2 aromatic carbocycles. The second kappa shape index (κ2) is 5.85. The van der Waals surface area contributed by atoms with Crippen LogP contribution in [0, 0.1) is 18.6 Å². The molecule has 0 saturated carbocycles. The van der Waals surface area contributed by atoms with Gasteiger partial charge in [-0.1, -0.05) is 28.1 Å². The maximum Gasteiger partial charge on any atom is 0.175 e. The lowest BCUT2D eigenvalue weighted by Gasteiger charge is -2.14. The van der Waals surface area contributed by atoms with Gasteiger partial charge in [0.25, 0.3) is 0 Å². The van der Waals surface area contributed by atoms with Crippen molar-refractivity contribution < 1.29 is 17.2 Å². The van der Waals surface area contributed by atoms with E-state index in [4.69, 9.17) is 0 Å². The van der Waals surface area contributed by atoms with E-state index >= 15 is 0 Å². The minimum Gasteiger partial charge on any atom is -0.224 e. The summed E-state index contributed by atoms with van der Waals surface area (Å²) in [5.74, 6) is -1.29. The van der Waals surface area contributed by atoms with Crippen LogP contribution in [0.1, 0.15) is 21.5 Å². The van der Waals surface area contributed by atoms with Gasteiger partial charge >= 0.3 is 0 Å². The summed E-state index contributed by atoms with van der Waals surface area (Å²) in [6.45, 7) is 1.55. The summed E-state index contributed by atoms with van der Waals surface area (Å²) in [5.41, 5.74) is 1.18. The van der Waals surface area contributed by atoms with E-state index in [0.717, 1.165) is 12.3 Å². The zero-order valence-electron chi connectivity index (χ0n) is 11.4. The van der Waals surface area contributed by atoms with E-state index in [1.807, 2.05) is 0 Å². The lowest BCUT2D eigenvalue weighted by molar-refractivity contribution is 0.569. The molecule has 2 nitrogen and oxygen atoms in total. The molecule has 2 aromatic rings. The summed E-state index contributed by atoms with van der Waals surface area (Å²) in [7, 11) is -3.34. The minimum absolute atomic E-state index is 0.156. The predicted octanol–water partition coefficient (Wildman–Crippen LogP) is 4.16. The fourth-order valence-corrected chi connectivity index (χ4v) is 3.27. The predicted molar refractivity (Wildman–Crippen MR) is 81.4 cm³/mol. The SMILES string of the molecule is Cc1cc(C(Br)c2cccc(S(C)(=O)=O)c2)c(F)cc1F. The van der Waals surface area contributed by atoms with Gasteiger partial charge in [0, 0.05) is 17.9 Å². The van der Waals surface area contributed by atoms with Crippen LogP contribution in [0.15, 0.2) is 41.3 Å². The first-order valence-corrected chi connectivity index (χ1v) is 8.90. The van der Waals surface area contributed by atoms with Crippen LogP contribution in [0.25, 0.3) is 0 Å². The van der Waals surface area contributed by atoms with Crippen LogP contribution in [0.5, 0.6) is 0 Å². The highest BCUT2D eigenvalue weighted by Gasteiger charge is 2.18. The summed E-state index contributed by atoms with van der Waals surface area (Å²) in [6, 6.07) is 8.48. The number of hydrogen-bond acceptors (Lipinski definition) is 2. The lowest BCUT2D eigenvalue weighted by atomic mass is 10.0. The highest BCUT2D eigenvalue weighted by Crippen LogP contribution is 2.34. The second-order valence-corrected chi connectivity index (χ2v) is 7.76. The molecule has 0 amide bonds. The summed E-state index contributed by atoms with van der Waals surface area (Å²) in [4.78, 5) is -0.401. The standard InChI is InChI=1S/C15H13BrF2O2S/c1-9-6-12(14(18)8-13(9)17)15(16)10-4-3-5-11(7-10)21(2,19)20/h3-8,15H,1-2H3. The molecular formula is C15H13BrF2O2S. The largest absolute Gasteiger partial charge is 0.224 e. The van der Waals surface area contributed by atoms with Gasteiger partial charge in [0.15, 0.2) is 9.84 Å². The van der Waals surface area contributed by atoms with Gasteiger partial charge in [-0.3, -0.25) is 0 Å². The number of rotatable bonds is 3. The van der Waals surface area contributed by atoms with E-state index < -0.39 is 26.3 Å². The van der Waals surface area contributed by atoms with Gasteiger partial charge in [0.05, 0.1) is 9.72 Å². The van der Waals surface area contributed by atoms with Gasteiger partial charge in [0.2, 0.25) is 0 Å². The summed E-state index contributed by atoms with van der Waals surface area (Å²) in [5, 5.41) is 0. The Labute approximate surface area is 130 Å². The number of benzene rings is 2. The third kappa shape index (κ3) is 3.49. The summed E-state index contributed by atoms with van der Waals surface area (Å²) < 4.78 is 50.4. The van der Waals surface area contributed by atoms with Gasteiger partial charge < -0.3 is 0 Å². The molecule has 0 aliphatic rings.